The quantitative estimate of drug-likeness (QED) is 0.507. The summed E-state index contributed by atoms with van der Waals surface area (Å²) >= 11 is 0. The Morgan fingerprint density at radius 3 is 2.08 bits per heavy atom. The van der Waals surface area contributed by atoms with Crippen LogP contribution in [0.2, 0.25) is 0 Å². The van der Waals surface area contributed by atoms with Gasteiger partial charge >= 0.3 is 0 Å². The number of aliphatic hydroxyl groups excluding tert-OH is 1. The van der Waals surface area contributed by atoms with Crippen molar-refractivity contribution >= 4 is 0 Å². The third-order valence-corrected chi connectivity index (χ3v) is 1.30. The van der Waals surface area contributed by atoms with E-state index in [-0.39, 0.29) is 6.61 Å². The number of benzene rings is 1. The molecule has 1 aromatic rings. The zero-order valence-corrected chi connectivity index (χ0v) is 7.17. The third kappa shape index (κ3) is 6.77. The van der Waals surface area contributed by atoms with E-state index in [9.17, 15) is 0 Å². The van der Waals surface area contributed by atoms with E-state index < -0.39 is 5.09 Å². The van der Waals surface area contributed by atoms with Gasteiger partial charge in [0.1, 0.15) is 0 Å². The average Bonchev–Trinajstić information content (AvgIpc) is 2.05. The zero-order chi connectivity index (χ0) is 10.3. The first kappa shape index (κ1) is 11.4. The van der Waals surface area contributed by atoms with Gasteiger partial charge in [0.15, 0.2) is 0 Å². The van der Waals surface area contributed by atoms with Crippen molar-refractivity contribution in [2.24, 2.45) is 0 Å². The predicted octanol–water partition coefficient (Wildman–Crippen LogP) is 1.14. The van der Waals surface area contributed by atoms with Gasteiger partial charge in [0.25, 0.3) is 5.09 Å². The molecule has 5 heteroatoms. The summed E-state index contributed by atoms with van der Waals surface area (Å²) in [7, 11) is 0. The largest absolute Gasteiger partial charge is 0.392 e. The smallest absolute Gasteiger partial charge is 0.291 e. The highest BCUT2D eigenvalue weighted by atomic mass is 16.9. The fraction of sp³-hybridized carbons (Fsp3) is 0.250. The topological polar surface area (TPSA) is 83.6 Å². The van der Waals surface area contributed by atoms with Crippen LogP contribution in [-0.2, 0) is 6.61 Å². The van der Waals surface area contributed by atoms with Crippen LogP contribution in [0.1, 0.15) is 11.1 Å². The molecule has 0 fully saturated rings. The summed E-state index contributed by atoms with van der Waals surface area (Å²) in [6.07, 6.45) is 0. The summed E-state index contributed by atoms with van der Waals surface area (Å²) in [5.41, 5.74) is 2.20. The maximum absolute atomic E-state index is 8.63. The van der Waals surface area contributed by atoms with Gasteiger partial charge in [-0.1, -0.05) is 29.8 Å². The molecule has 0 bridgehead atoms. The van der Waals surface area contributed by atoms with Crippen molar-refractivity contribution in [2.75, 3.05) is 0 Å². The molecule has 0 radical (unpaired) electrons. The molecule has 0 atom stereocenters. The number of hydrogen-bond acceptors (Lipinski definition) is 3. The first-order valence-electron chi connectivity index (χ1n) is 3.56. The lowest BCUT2D eigenvalue weighted by Crippen LogP contribution is -1.81. The Labute approximate surface area is 75.4 Å². The molecule has 0 amide bonds. The number of aryl methyl sites for hydroxylation is 1. The van der Waals surface area contributed by atoms with Crippen molar-refractivity contribution in [3.05, 3.63) is 45.5 Å². The fourth-order valence-corrected chi connectivity index (χ4v) is 0.693. The molecule has 0 saturated carbocycles. The standard InChI is InChI=1S/C8H10O.HNO3/c1-7-2-4-8(6-9)5-3-7;2-1(3)4/h2-5,9H,6H2,1H3;(H,2,3,4). The first-order valence-corrected chi connectivity index (χ1v) is 3.56. The Morgan fingerprint density at radius 2 is 1.77 bits per heavy atom. The molecule has 0 unspecified atom stereocenters. The minimum atomic E-state index is -1.50. The van der Waals surface area contributed by atoms with Crippen LogP contribution in [-0.4, -0.2) is 15.4 Å². The van der Waals surface area contributed by atoms with Gasteiger partial charge in [-0.3, -0.25) is 0 Å². The van der Waals surface area contributed by atoms with Gasteiger partial charge in [-0.2, -0.15) is 0 Å². The molecule has 2 N–H and O–H groups in total. The Morgan fingerprint density at radius 1 is 1.38 bits per heavy atom. The van der Waals surface area contributed by atoms with Gasteiger partial charge in [-0.05, 0) is 12.5 Å². The van der Waals surface area contributed by atoms with Crippen molar-refractivity contribution in [3.8, 4) is 0 Å². The first-order chi connectivity index (χ1) is 6.06. The Bertz CT molecular complexity index is 253. The maximum atomic E-state index is 8.63. The van der Waals surface area contributed by atoms with E-state index in [1.54, 1.807) is 0 Å². The lowest BCUT2D eigenvalue weighted by Gasteiger charge is -1.93. The van der Waals surface area contributed by atoms with Crippen molar-refractivity contribution in [1.29, 1.82) is 0 Å². The summed E-state index contributed by atoms with van der Waals surface area (Å²) in [6.45, 7) is 2.17. The van der Waals surface area contributed by atoms with Crippen LogP contribution in [0.4, 0.5) is 0 Å². The van der Waals surface area contributed by atoms with Crippen LogP contribution < -0.4 is 0 Å². The van der Waals surface area contributed by atoms with Gasteiger partial charge in [0.05, 0.1) is 6.61 Å². The molecule has 1 aromatic carbocycles. The average molecular weight is 185 g/mol. The van der Waals surface area contributed by atoms with E-state index in [2.05, 4.69) is 0 Å². The molecule has 0 heterocycles. The molecule has 13 heavy (non-hydrogen) atoms. The van der Waals surface area contributed by atoms with Crippen LogP contribution in [0.3, 0.4) is 0 Å². The Balaban J connectivity index is 0.000000310. The molecule has 5 nitrogen and oxygen atoms in total. The lowest BCUT2D eigenvalue weighted by molar-refractivity contribution is -0.742. The maximum Gasteiger partial charge on any atom is 0.291 e. The molecule has 0 aromatic heterocycles. The number of aliphatic hydroxyl groups is 1. The lowest BCUT2D eigenvalue weighted by atomic mass is 10.2. The van der Waals surface area contributed by atoms with Crippen LogP contribution in [0.25, 0.3) is 0 Å². The van der Waals surface area contributed by atoms with Gasteiger partial charge in [0.2, 0.25) is 0 Å². The fourth-order valence-electron chi connectivity index (χ4n) is 0.693. The molecule has 0 aliphatic carbocycles. The normalized spacial score (nSPS) is 8.46. The SMILES string of the molecule is Cc1ccc(CO)cc1.O=[N+]([O-])O. The number of rotatable bonds is 1. The van der Waals surface area contributed by atoms with Crippen LogP contribution in [0.5, 0.6) is 0 Å². The summed E-state index contributed by atoms with van der Waals surface area (Å²) in [6, 6.07) is 7.84. The monoisotopic (exact) mass is 185 g/mol. The van der Waals surface area contributed by atoms with Gasteiger partial charge in [0, 0.05) is 0 Å². The summed E-state index contributed by atoms with van der Waals surface area (Å²) in [5, 5.41) is 22.3. The molecule has 0 aliphatic rings. The van der Waals surface area contributed by atoms with E-state index in [4.69, 9.17) is 20.4 Å². The molecular weight excluding hydrogens is 174 g/mol. The van der Waals surface area contributed by atoms with Gasteiger partial charge in [-0.15, -0.1) is 10.1 Å². The van der Waals surface area contributed by atoms with Gasteiger partial charge in [-0.25, -0.2) is 0 Å². The highest BCUT2D eigenvalue weighted by Gasteiger charge is 1.85. The highest BCUT2D eigenvalue weighted by Crippen LogP contribution is 2.01. The highest BCUT2D eigenvalue weighted by molar-refractivity contribution is 5.20. The van der Waals surface area contributed by atoms with E-state index >= 15 is 0 Å². The molecular formula is C8H11NO4. The molecule has 0 spiro atoms. The predicted molar refractivity (Wildman–Crippen MR) is 45.9 cm³/mol. The van der Waals surface area contributed by atoms with E-state index in [1.807, 2.05) is 31.2 Å². The van der Waals surface area contributed by atoms with Crippen molar-refractivity contribution in [2.45, 2.75) is 13.5 Å². The van der Waals surface area contributed by atoms with Crippen molar-refractivity contribution in [3.63, 3.8) is 0 Å². The van der Waals surface area contributed by atoms with Crippen LogP contribution >= 0.6 is 0 Å². The number of hydrogen-bond donors (Lipinski definition) is 2. The zero-order valence-electron chi connectivity index (χ0n) is 7.17. The second-order valence-electron chi connectivity index (χ2n) is 2.38. The summed E-state index contributed by atoms with van der Waals surface area (Å²) < 4.78 is 0. The second-order valence-corrected chi connectivity index (χ2v) is 2.38. The molecule has 1 rings (SSSR count). The molecule has 72 valence electrons. The molecule has 0 saturated heterocycles. The second kappa shape index (κ2) is 5.96. The van der Waals surface area contributed by atoms with Crippen LogP contribution in [0, 0.1) is 17.0 Å². The molecule has 0 aliphatic heterocycles. The minimum Gasteiger partial charge on any atom is -0.392 e. The summed E-state index contributed by atoms with van der Waals surface area (Å²) in [4.78, 5) is 8.36. The van der Waals surface area contributed by atoms with Crippen LogP contribution in [0.15, 0.2) is 24.3 Å². The third-order valence-electron chi connectivity index (χ3n) is 1.30. The van der Waals surface area contributed by atoms with Crippen molar-refractivity contribution < 1.29 is 15.4 Å². The van der Waals surface area contributed by atoms with E-state index in [1.165, 1.54) is 5.56 Å². The van der Waals surface area contributed by atoms with Crippen molar-refractivity contribution in [1.82, 2.24) is 0 Å². The minimum absolute atomic E-state index is 0.139. The van der Waals surface area contributed by atoms with E-state index in [0.717, 1.165) is 5.56 Å². The van der Waals surface area contributed by atoms with Gasteiger partial charge < -0.3 is 10.3 Å². The Kier molecular flexibility index (Phi) is 5.22. The number of nitrogens with zero attached hydrogens (tertiary/aromatic N) is 1. The Hall–Kier alpha value is -1.62. The van der Waals surface area contributed by atoms with E-state index in [0.29, 0.717) is 0 Å². The summed E-state index contributed by atoms with van der Waals surface area (Å²) in [5.74, 6) is 0.